The van der Waals surface area contributed by atoms with Crippen molar-refractivity contribution in [2.75, 3.05) is 0 Å². The van der Waals surface area contributed by atoms with Crippen LogP contribution in [-0.2, 0) is 6.42 Å². The van der Waals surface area contributed by atoms with E-state index in [9.17, 15) is 0 Å². The van der Waals surface area contributed by atoms with Gasteiger partial charge in [-0.25, -0.2) is 0 Å². The van der Waals surface area contributed by atoms with E-state index in [0.29, 0.717) is 18.1 Å². The van der Waals surface area contributed by atoms with Gasteiger partial charge in [0.25, 0.3) is 0 Å². The zero-order valence-corrected chi connectivity index (χ0v) is 10.3. The standard InChI is InChI=1S/C12H16N4O/c1-8-7-14-5-4-9(8)11-15-10(17-16-11)6-12(2,3)13/h4-5,7H,6,13H2,1-3H3. The van der Waals surface area contributed by atoms with Crippen LogP contribution in [0.1, 0.15) is 25.3 Å². The Bertz CT molecular complexity index is 513. The summed E-state index contributed by atoms with van der Waals surface area (Å²) in [5.41, 5.74) is 7.51. The van der Waals surface area contributed by atoms with E-state index in [4.69, 9.17) is 10.3 Å². The minimum absolute atomic E-state index is 0.350. The summed E-state index contributed by atoms with van der Waals surface area (Å²) in [5.74, 6) is 1.15. The third kappa shape index (κ3) is 2.88. The topological polar surface area (TPSA) is 77.8 Å². The third-order valence-electron chi connectivity index (χ3n) is 2.34. The van der Waals surface area contributed by atoms with Gasteiger partial charge in [0, 0.05) is 29.9 Å². The van der Waals surface area contributed by atoms with Crippen molar-refractivity contribution in [3.63, 3.8) is 0 Å². The summed E-state index contributed by atoms with van der Waals surface area (Å²) in [6, 6.07) is 1.87. The number of aryl methyl sites for hydroxylation is 1. The first-order chi connectivity index (χ1) is 7.96. The van der Waals surface area contributed by atoms with Gasteiger partial charge in [-0.3, -0.25) is 4.98 Å². The smallest absolute Gasteiger partial charge is 0.228 e. The lowest BCUT2D eigenvalue weighted by molar-refractivity contribution is 0.348. The van der Waals surface area contributed by atoms with E-state index in [0.717, 1.165) is 11.1 Å². The molecule has 5 nitrogen and oxygen atoms in total. The molecule has 90 valence electrons. The van der Waals surface area contributed by atoms with Gasteiger partial charge in [-0.2, -0.15) is 4.98 Å². The summed E-state index contributed by atoms with van der Waals surface area (Å²) >= 11 is 0. The summed E-state index contributed by atoms with van der Waals surface area (Å²) in [5, 5.41) is 3.96. The maximum absolute atomic E-state index is 5.91. The first kappa shape index (κ1) is 11.7. The molecule has 0 radical (unpaired) electrons. The molecule has 0 spiro atoms. The predicted molar refractivity (Wildman–Crippen MR) is 64.2 cm³/mol. The Labute approximate surface area is 100 Å². The monoisotopic (exact) mass is 232 g/mol. The van der Waals surface area contributed by atoms with Crippen LogP contribution in [0.3, 0.4) is 0 Å². The first-order valence-corrected chi connectivity index (χ1v) is 5.48. The largest absolute Gasteiger partial charge is 0.339 e. The Kier molecular flexibility index (Phi) is 2.93. The molecule has 0 amide bonds. The lowest BCUT2D eigenvalue weighted by atomic mass is 10.0. The van der Waals surface area contributed by atoms with Crippen molar-refractivity contribution >= 4 is 0 Å². The number of nitrogens with zero attached hydrogens (tertiary/aromatic N) is 3. The predicted octanol–water partition coefficient (Wildman–Crippen LogP) is 1.72. The van der Waals surface area contributed by atoms with Crippen molar-refractivity contribution in [1.82, 2.24) is 15.1 Å². The second-order valence-electron chi connectivity index (χ2n) is 4.87. The quantitative estimate of drug-likeness (QED) is 0.871. The minimum atomic E-state index is -0.350. The molecular weight excluding hydrogens is 216 g/mol. The van der Waals surface area contributed by atoms with Crippen LogP contribution >= 0.6 is 0 Å². The fourth-order valence-electron chi connectivity index (χ4n) is 1.55. The SMILES string of the molecule is Cc1cnccc1-c1noc(CC(C)(C)N)n1. The maximum Gasteiger partial charge on any atom is 0.228 e. The van der Waals surface area contributed by atoms with Crippen molar-refractivity contribution in [3.05, 3.63) is 29.9 Å². The van der Waals surface area contributed by atoms with Crippen LogP contribution in [0.4, 0.5) is 0 Å². The second-order valence-corrected chi connectivity index (χ2v) is 4.87. The van der Waals surface area contributed by atoms with Crippen molar-refractivity contribution in [2.24, 2.45) is 5.73 Å². The molecule has 2 rings (SSSR count). The number of pyridine rings is 1. The van der Waals surface area contributed by atoms with E-state index in [1.807, 2.05) is 26.8 Å². The van der Waals surface area contributed by atoms with Crippen LogP contribution in [-0.4, -0.2) is 20.7 Å². The Balaban J connectivity index is 2.28. The molecule has 2 aromatic rings. The average Bonchev–Trinajstić information content (AvgIpc) is 2.64. The summed E-state index contributed by atoms with van der Waals surface area (Å²) in [6.07, 6.45) is 4.05. The van der Waals surface area contributed by atoms with Gasteiger partial charge >= 0.3 is 0 Å². The van der Waals surface area contributed by atoms with E-state index in [1.54, 1.807) is 12.4 Å². The molecule has 2 aromatic heterocycles. The molecule has 2 heterocycles. The van der Waals surface area contributed by atoms with Gasteiger partial charge in [0.1, 0.15) is 0 Å². The van der Waals surface area contributed by atoms with Crippen LogP contribution in [0.15, 0.2) is 23.0 Å². The Morgan fingerprint density at radius 2 is 2.18 bits per heavy atom. The van der Waals surface area contributed by atoms with Gasteiger partial charge < -0.3 is 10.3 Å². The molecule has 0 aliphatic heterocycles. The van der Waals surface area contributed by atoms with Gasteiger partial charge in [0.2, 0.25) is 11.7 Å². The molecule has 0 aliphatic carbocycles. The Morgan fingerprint density at radius 1 is 1.41 bits per heavy atom. The zero-order chi connectivity index (χ0) is 12.5. The number of hydrogen-bond acceptors (Lipinski definition) is 5. The van der Waals surface area contributed by atoms with E-state index in [2.05, 4.69) is 15.1 Å². The van der Waals surface area contributed by atoms with Gasteiger partial charge in [-0.1, -0.05) is 5.16 Å². The molecule has 0 atom stereocenters. The van der Waals surface area contributed by atoms with E-state index >= 15 is 0 Å². The first-order valence-electron chi connectivity index (χ1n) is 5.48. The number of nitrogens with two attached hydrogens (primary N) is 1. The molecule has 0 bridgehead atoms. The number of hydrogen-bond donors (Lipinski definition) is 1. The van der Waals surface area contributed by atoms with Crippen LogP contribution in [0.2, 0.25) is 0 Å². The van der Waals surface area contributed by atoms with Crippen LogP contribution in [0.25, 0.3) is 11.4 Å². The molecule has 0 saturated carbocycles. The second kappa shape index (κ2) is 4.25. The third-order valence-corrected chi connectivity index (χ3v) is 2.34. The molecule has 17 heavy (non-hydrogen) atoms. The molecule has 2 N–H and O–H groups in total. The maximum atomic E-state index is 5.91. The van der Waals surface area contributed by atoms with Crippen molar-refractivity contribution < 1.29 is 4.52 Å². The fourth-order valence-corrected chi connectivity index (χ4v) is 1.55. The fraction of sp³-hybridized carbons (Fsp3) is 0.417. The summed E-state index contributed by atoms with van der Waals surface area (Å²) in [4.78, 5) is 8.37. The van der Waals surface area contributed by atoms with E-state index < -0.39 is 0 Å². The highest BCUT2D eigenvalue weighted by Gasteiger charge is 2.18. The average molecular weight is 232 g/mol. The molecule has 0 unspecified atom stereocenters. The highest BCUT2D eigenvalue weighted by atomic mass is 16.5. The molecule has 0 fully saturated rings. The summed E-state index contributed by atoms with van der Waals surface area (Å²) < 4.78 is 5.19. The van der Waals surface area contributed by atoms with Crippen molar-refractivity contribution in [1.29, 1.82) is 0 Å². The highest BCUT2D eigenvalue weighted by molar-refractivity contribution is 5.57. The van der Waals surface area contributed by atoms with Crippen LogP contribution in [0, 0.1) is 6.92 Å². The summed E-state index contributed by atoms with van der Waals surface area (Å²) in [7, 11) is 0. The molecule has 0 saturated heterocycles. The van der Waals surface area contributed by atoms with E-state index in [-0.39, 0.29) is 5.54 Å². The highest BCUT2D eigenvalue weighted by Crippen LogP contribution is 2.19. The van der Waals surface area contributed by atoms with Crippen molar-refractivity contribution in [2.45, 2.75) is 32.7 Å². The van der Waals surface area contributed by atoms with Gasteiger partial charge in [0.15, 0.2) is 0 Å². The normalized spacial score (nSPS) is 11.8. The molecular formula is C12H16N4O. The number of aromatic nitrogens is 3. The molecule has 0 aromatic carbocycles. The Hall–Kier alpha value is -1.75. The zero-order valence-electron chi connectivity index (χ0n) is 10.3. The van der Waals surface area contributed by atoms with E-state index in [1.165, 1.54) is 0 Å². The molecule has 5 heteroatoms. The Morgan fingerprint density at radius 3 is 2.82 bits per heavy atom. The lowest BCUT2D eigenvalue weighted by Crippen LogP contribution is -2.34. The van der Waals surface area contributed by atoms with Gasteiger partial charge in [-0.15, -0.1) is 0 Å². The van der Waals surface area contributed by atoms with Gasteiger partial charge in [-0.05, 0) is 32.4 Å². The minimum Gasteiger partial charge on any atom is -0.339 e. The van der Waals surface area contributed by atoms with Gasteiger partial charge in [0.05, 0.1) is 0 Å². The van der Waals surface area contributed by atoms with Crippen LogP contribution in [0.5, 0.6) is 0 Å². The lowest BCUT2D eigenvalue weighted by Gasteiger charge is -2.14. The molecule has 0 aliphatic rings. The van der Waals surface area contributed by atoms with Crippen molar-refractivity contribution in [3.8, 4) is 11.4 Å². The number of rotatable bonds is 3. The van der Waals surface area contributed by atoms with Crippen LogP contribution < -0.4 is 5.73 Å². The summed E-state index contributed by atoms with van der Waals surface area (Å²) in [6.45, 7) is 5.81.